The Morgan fingerprint density at radius 1 is 1.23 bits per heavy atom. The van der Waals surface area contributed by atoms with Gasteiger partial charge in [-0.05, 0) is 64.3 Å². The van der Waals surface area contributed by atoms with E-state index in [2.05, 4.69) is 39.9 Å². The molecule has 2 aliphatic rings. The number of aryl methyl sites for hydroxylation is 1. The molecule has 31 heavy (non-hydrogen) atoms. The highest BCUT2D eigenvalue weighted by molar-refractivity contribution is 6.07. The minimum absolute atomic E-state index is 0.295. The average Bonchev–Trinajstić information content (AvgIpc) is 2.97. The maximum atomic E-state index is 11.0. The van der Waals surface area contributed by atoms with Crippen molar-refractivity contribution in [3.8, 4) is 0 Å². The molecule has 1 unspecified atom stereocenters. The highest BCUT2D eigenvalue weighted by Gasteiger charge is 2.51. The summed E-state index contributed by atoms with van der Waals surface area (Å²) >= 11 is 0. The lowest BCUT2D eigenvalue weighted by atomic mass is 9.81. The fraction of sp³-hybridized carbons (Fsp3) is 0.440. The van der Waals surface area contributed by atoms with E-state index in [9.17, 15) is 5.11 Å². The van der Waals surface area contributed by atoms with Gasteiger partial charge in [-0.3, -0.25) is 0 Å². The number of aromatic nitrogens is 1. The van der Waals surface area contributed by atoms with Crippen molar-refractivity contribution in [3.63, 3.8) is 0 Å². The topological polar surface area (TPSA) is 70.0 Å². The second-order valence-corrected chi connectivity index (χ2v) is 9.15. The van der Waals surface area contributed by atoms with Crippen LogP contribution in [0.15, 0.2) is 54.3 Å². The van der Waals surface area contributed by atoms with Crippen molar-refractivity contribution in [3.05, 3.63) is 65.9 Å². The molecule has 2 atom stereocenters. The van der Waals surface area contributed by atoms with Crippen LogP contribution in [0.1, 0.15) is 50.3 Å². The molecule has 6 heteroatoms. The van der Waals surface area contributed by atoms with Crippen LogP contribution in [-0.2, 0) is 4.84 Å². The van der Waals surface area contributed by atoms with E-state index >= 15 is 0 Å². The van der Waals surface area contributed by atoms with Crippen LogP contribution >= 0.6 is 0 Å². The molecule has 0 radical (unpaired) electrons. The molecule has 1 aromatic carbocycles. The molecule has 6 nitrogen and oxygen atoms in total. The van der Waals surface area contributed by atoms with Crippen LogP contribution in [0, 0.1) is 6.92 Å². The molecular formula is C25H32N4O2. The molecule has 2 aliphatic heterocycles. The van der Waals surface area contributed by atoms with E-state index in [1.165, 1.54) is 0 Å². The fourth-order valence-electron chi connectivity index (χ4n) is 4.22. The Bertz CT molecular complexity index is 989. The van der Waals surface area contributed by atoms with Crippen LogP contribution in [0.25, 0.3) is 5.70 Å². The lowest BCUT2D eigenvalue weighted by molar-refractivity contribution is -0.0936. The smallest absolute Gasteiger partial charge is 0.166 e. The third-order valence-corrected chi connectivity index (χ3v) is 6.63. The number of rotatable bonds is 5. The number of benzene rings is 1. The van der Waals surface area contributed by atoms with Gasteiger partial charge in [-0.1, -0.05) is 42.1 Å². The summed E-state index contributed by atoms with van der Waals surface area (Å²) < 4.78 is 0. The summed E-state index contributed by atoms with van der Waals surface area (Å²) in [7, 11) is 0. The summed E-state index contributed by atoms with van der Waals surface area (Å²) in [4.78, 5) is 12.4. The first-order valence-corrected chi connectivity index (χ1v) is 10.9. The average molecular weight is 421 g/mol. The third-order valence-electron chi connectivity index (χ3n) is 6.63. The van der Waals surface area contributed by atoms with Crippen molar-refractivity contribution >= 4 is 17.2 Å². The molecule has 1 saturated heterocycles. The molecule has 0 saturated carbocycles. The largest absolute Gasteiger partial charge is 0.386 e. The van der Waals surface area contributed by atoms with E-state index in [4.69, 9.17) is 4.84 Å². The number of nitrogens with zero attached hydrogens (tertiary/aromatic N) is 3. The highest BCUT2D eigenvalue weighted by Crippen LogP contribution is 2.36. The zero-order chi connectivity index (χ0) is 22.2. The van der Waals surface area contributed by atoms with Crippen LogP contribution in [0.4, 0.5) is 5.82 Å². The monoisotopic (exact) mass is 420 g/mol. The van der Waals surface area contributed by atoms with Crippen molar-refractivity contribution in [1.82, 2.24) is 10.3 Å². The van der Waals surface area contributed by atoms with Crippen LogP contribution in [0.5, 0.6) is 0 Å². The van der Waals surface area contributed by atoms with Crippen LogP contribution in [0.3, 0.4) is 0 Å². The molecule has 0 amide bonds. The summed E-state index contributed by atoms with van der Waals surface area (Å²) in [6, 6.07) is 12.4. The summed E-state index contributed by atoms with van der Waals surface area (Å²) in [6.45, 7) is 13.9. The normalized spacial score (nSPS) is 24.9. The van der Waals surface area contributed by atoms with Crippen LogP contribution in [0.2, 0.25) is 0 Å². The van der Waals surface area contributed by atoms with Crippen molar-refractivity contribution < 1.29 is 9.94 Å². The lowest BCUT2D eigenvalue weighted by Gasteiger charge is -2.37. The van der Waals surface area contributed by atoms with Gasteiger partial charge >= 0.3 is 0 Å². The van der Waals surface area contributed by atoms with Gasteiger partial charge in [0.1, 0.15) is 17.1 Å². The van der Waals surface area contributed by atoms with Gasteiger partial charge in [-0.15, -0.1) is 0 Å². The standard InChI is InChI=1S/C25H32N4O2/c1-17-8-6-15-27-23(17)29(21-9-7-14-26-16-21)18(2)19-10-12-20(13-11-19)22-25(5,30)24(3,4)31-28-22/h6,8,10-13,15,21,26,30H,2,7,9,14,16H2,1,3-5H3/t21-,25?/m1/s1. The first kappa shape index (κ1) is 21.5. The molecule has 0 aliphatic carbocycles. The van der Waals surface area contributed by atoms with E-state index in [0.717, 1.165) is 54.1 Å². The lowest BCUT2D eigenvalue weighted by Crippen LogP contribution is -2.50. The Labute approximate surface area is 184 Å². The Morgan fingerprint density at radius 3 is 2.55 bits per heavy atom. The number of pyridine rings is 1. The highest BCUT2D eigenvalue weighted by atomic mass is 16.7. The maximum Gasteiger partial charge on any atom is 0.166 e. The van der Waals surface area contributed by atoms with Gasteiger partial charge in [0.2, 0.25) is 0 Å². The zero-order valence-corrected chi connectivity index (χ0v) is 18.9. The molecule has 1 fully saturated rings. The minimum atomic E-state index is -1.17. The number of hydrogen-bond donors (Lipinski definition) is 2. The number of oxime groups is 1. The SMILES string of the molecule is C=C(c1ccc(C2=NOC(C)(C)C2(C)O)cc1)N(c1ncccc1C)[C@@H]1CCCNC1. The van der Waals surface area contributed by atoms with Gasteiger partial charge in [-0.25, -0.2) is 4.98 Å². The third kappa shape index (κ3) is 3.86. The van der Waals surface area contributed by atoms with Gasteiger partial charge in [0.25, 0.3) is 0 Å². The Balaban J connectivity index is 1.64. The first-order chi connectivity index (χ1) is 14.7. The van der Waals surface area contributed by atoms with E-state index < -0.39 is 11.2 Å². The fourth-order valence-corrected chi connectivity index (χ4v) is 4.22. The van der Waals surface area contributed by atoms with Crippen molar-refractivity contribution in [2.45, 2.75) is 57.8 Å². The maximum absolute atomic E-state index is 11.0. The summed E-state index contributed by atoms with van der Waals surface area (Å²) in [5.74, 6) is 0.948. The second-order valence-electron chi connectivity index (χ2n) is 9.15. The molecule has 1 aromatic heterocycles. The van der Waals surface area contributed by atoms with Gasteiger partial charge in [0, 0.05) is 30.0 Å². The molecule has 164 valence electrons. The molecule has 2 aromatic rings. The van der Waals surface area contributed by atoms with Crippen LogP contribution in [-0.4, -0.2) is 46.1 Å². The van der Waals surface area contributed by atoms with Crippen molar-refractivity contribution in [2.75, 3.05) is 18.0 Å². The molecule has 4 rings (SSSR count). The summed E-state index contributed by atoms with van der Waals surface area (Å²) in [6.07, 6.45) is 4.06. The van der Waals surface area contributed by atoms with Crippen molar-refractivity contribution in [1.29, 1.82) is 0 Å². The Morgan fingerprint density at radius 2 is 1.97 bits per heavy atom. The molecule has 2 N–H and O–H groups in total. The summed E-state index contributed by atoms with van der Waals surface area (Å²) in [5, 5.41) is 18.6. The number of hydrogen-bond acceptors (Lipinski definition) is 6. The first-order valence-electron chi connectivity index (χ1n) is 10.9. The van der Waals surface area contributed by atoms with E-state index in [1.54, 1.807) is 6.92 Å². The zero-order valence-electron chi connectivity index (χ0n) is 18.9. The Hall–Kier alpha value is -2.70. The van der Waals surface area contributed by atoms with Gasteiger partial charge in [-0.2, -0.15) is 0 Å². The Kier molecular flexibility index (Phi) is 5.62. The van der Waals surface area contributed by atoms with Gasteiger partial charge in [0.05, 0.1) is 0 Å². The van der Waals surface area contributed by atoms with E-state index in [0.29, 0.717) is 11.8 Å². The number of aliphatic hydroxyl groups is 1. The molecule has 3 heterocycles. The number of piperidine rings is 1. The van der Waals surface area contributed by atoms with E-state index in [1.807, 2.05) is 50.4 Å². The van der Waals surface area contributed by atoms with Crippen LogP contribution < -0.4 is 10.2 Å². The second kappa shape index (κ2) is 8.09. The number of anilines is 1. The molecular weight excluding hydrogens is 388 g/mol. The predicted octanol–water partition coefficient (Wildman–Crippen LogP) is 3.88. The minimum Gasteiger partial charge on any atom is -0.386 e. The van der Waals surface area contributed by atoms with E-state index in [-0.39, 0.29) is 0 Å². The van der Waals surface area contributed by atoms with Gasteiger partial charge in [0.15, 0.2) is 5.60 Å². The van der Waals surface area contributed by atoms with Gasteiger partial charge < -0.3 is 20.2 Å². The summed E-state index contributed by atoms with van der Waals surface area (Å²) in [5.41, 5.74) is 2.50. The quantitative estimate of drug-likeness (QED) is 0.768. The predicted molar refractivity (Wildman–Crippen MR) is 125 cm³/mol. The van der Waals surface area contributed by atoms with Crippen molar-refractivity contribution in [2.24, 2.45) is 5.16 Å². The molecule has 0 spiro atoms. The molecule has 0 bridgehead atoms. The number of nitrogens with one attached hydrogen (secondary N) is 1.